The van der Waals surface area contributed by atoms with Gasteiger partial charge in [-0.2, -0.15) is 5.10 Å². The molecule has 1 aliphatic rings. The van der Waals surface area contributed by atoms with Crippen molar-refractivity contribution < 1.29 is 18.7 Å². The highest BCUT2D eigenvalue weighted by Gasteiger charge is 2.36. The van der Waals surface area contributed by atoms with Crippen molar-refractivity contribution in [3.05, 3.63) is 53.6 Å². The van der Waals surface area contributed by atoms with Gasteiger partial charge in [0.05, 0.1) is 34.0 Å². The molecule has 0 bridgehead atoms. The molecule has 0 spiro atoms. The van der Waals surface area contributed by atoms with E-state index < -0.39 is 23.4 Å². The number of imide groups is 1. The number of hydrogen-bond acceptors (Lipinski definition) is 5. The van der Waals surface area contributed by atoms with Crippen LogP contribution in [0.5, 0.6) is 0 Å². The first-order chi connectivity index (χ1) is 15.2. The molecule has 0 N–H and O–H groups in total. The molecule has 0 unspecified atom stereocenters. The van der Waals surface area contributed by atoms with Crippen LogP contribution in [0.25, 0.3) is 38.1 Å². The molecular formula is C24H19FN4O3. The zero-order valence-corrected chi connectivity index (χ0v) is 17.8. The molecule has 8 heteroatoms. The lowest BCUT2D eigenvalue weighted by molar-refractivity contribution is 0.0233. The smallest absolute Gasteiger partial charge is 0.417 e. The average Bonchev–Trinajstić information content (AvgIpc) is 3.16. The van der Waals surface area contributed by atoms with Crippen LogP contribution in [0.1, 0.15) is 36.8 Å². The number of pyridine rings is 2. The highest BCUT2D eigenvalue weighted by Crippen LogP contribution is 2.40. The summed E-state index contributed by atoms with van der Waals surface area (Å²) in [4.78, 5) is 32.3. The predicted octanol–water partition coefficient (Wildman–Crippen LogP) is 4.70. The predicted molar refractivity (Wildman–Crippen MR) is 118 cm³/mol. The number of fused-ring (bicyclic) bond motifs is 5. The molecule has 1 aliphatic heterocycles. The maximum atomic E-state index is 14.4. The van der Waals surface area contributed by atoms with Crippen LogP contribution >= 0.6 is 0 Å². The number of benzene rings is 2. The van der Waals surface area contributed by atoms with Crippen LogP contribution in [0.4, 0.5) is 9.18 Å². The fourth-order valence-electron chi connectivity index (χ4n) is 4.62. The molecule has 6 rings (SSSR count). The zero-order valence-electron chi connectivity index (χ0n) is 17.8. The van der Waals surface area contributed by atoms with E-state index in [9.17, 15) is 14.0 Å². The number of rotatable bonds is 0. The second-order valence-corrected chi connectivity index (χ2v) is 9.11. The Labute approximate surface area is 181 Å². The van der Waals surface area contributed by atoms with Gasteiger partial charge in [0.2, 0.25) is 0 Å². The highest BCUT2D eigenvalue weighted by molar-refractivity contribution is 6.28. The summed E-state index contributed by atoms with van der Waals surface area (Å²) in [5.41, 5.74) is 2.39. The van der Waals surface area contributed by atoms with E-state index in [1.54, 1.807) is 37.5 Å². The number of ether oxygens (including phenoxy) is 1. The molecule has 0 saturated carbocycles. The Bertz CT molecular complexity index is 1600. The van der Waals surface area contributed by atoms with Crippen LogP contribution in [-0.4, -0.2) is 43.6 Å². The Balaban J connectivity index is 1.72. The number of carbonyl (C=O) groups is 2. The average molecular weight is 430 g/mol. The first-order valence-electron chi connectivity index (χ1n) is 10.4. The van der Waals surface area contributed by atoms with Gasteiger partial charge in [-0.3, -0.25) is 9.78 Å². The minimum atomic E-state index is -0.734. The van der Waals surface area contributed by atoms with E-state index in [2.05, 4.69) is 5.10 Å². The van der Waals surface area contributed by atoms with Crippen molar-refractivity contribution in [2.45, 2.75) is 32.8 Å². The highest BCUT2D eigenvalue weighted by atomic mass is 19.1. The number of carbonyl (C=O) groups excluding carboxylic acids is 2. The van der Waals surface area contributed by atoms with Crippen molar-refractivity contribution in [1.82, 2.24) is 19.5 Å². The molecule has 160 valence electrons. The summed E-state index contributed by atoms with van der Waals surface area (Å²) in [7, 11) is 0. The van der Waals surface area contributed by atoms with Crippen molar-refractivity contribution in [2.24, 2.45) is 0 Å². The quantitative estimate of drug-likeness (QED) is 0.263. The topological polar surface area (TPSA) is 76.8 Å². The van der Waals surface area contributed by atoms with Gasteiger partial charge in [-0.15, -0.1) is 0 Å². The molecule has 2 amide bonds. The van der Waals surface area contributed by atoms with Gasteiger partial charge < -0.3 is 4.74 Å². The summed E-state index contributed by atoms with van der Waals surface area (Å²) in [6, 6.07) is 8.27. The van der Waals surface area contributed by atoms with Crippen LogP contribution in [-0.2, 0) is 11.2 Å². The molecule has 32 heavy (non-hydrogen) atoms. The van der Waals surface area contributed by atoms with Gasteiger partial charge in [-0.25, -0.2) is 18.6 Å². The summed E-state index contributed by atoms with van der Waals surface area (Å²) < 4.78 is 21.6. The van der Waals surface area contributed by atoms with Crippen LogP contribution in [0.2, 0.25) is 0 Å². The Morgan fingerprint density at radius 3 is 2.75 bits per heavy atom. The molecule has 0 saturated heterocycles. The summed E-state index contributed by atoms with van der Waals surface area (Å²) in [5.74, 6) is -0.900. The normalized spacial score (nSPS) is 14.8. The van der Waals surface area contributed by atoms with Gasteiger partial charge in [0.25, 0.3) is 5.91 Å². The second kappa shape index (κ2) is 6.12. The van der Waals surface area contributed by atoms with Crippen molar-refractivity contribution >= 4 is 50.1 Å². The van der Waals surface area contributed by atoms with Gasteiger partial charge in [-0.1, -0.05) is 0 Å². The molecule has 3 aromatic heterocycles. The van der Waals surface area contributed by atoms with Gasteiger partial charge in [0.1, 0.15) is 11.4 Å². The third-order valence-corrected chi connectivity index (χ3v) is 5.86. The van der Waals surface area contributed by atoms with Crippen LogP contribution in [0.15, 0.2) is 36.5 Å². The van der Waals surface area contributed by atoms with E-state index >= 15 is 0 Å². The van der Waals surface area contributed by atoms with E-state index in [0.717, 1.165) is 21.2 Å². The molecule has 0 atom stereocenters. The molecule has 4 heterocycles. The SMILES string of the molecule is CC(C)(C)OC(=O)N1CCc2nc3ccc4cnn5c6ccc(F)cc6c(c2C1=O)c3c45. The van der Waals surface area contributed by atoms with Gasteiger partial charge in [0, 0.05) is 34.5 Å². The van der Waals surface area contributed by atoms with E-state index in [-0.39, 0.29) is 6.54 Å². The number of nitrogens with zero attached hydrogens (tertiary/aromatic N) is 4. The third kappa shape index (κ3) is 2.52. The molecule has 2 aromatic carbocycles. The summed E-state index contributed by atoms with van der Waals surface area (Å²) in [5, 5.41) is 7.26. The molecule has 0 radical (unpaired) electrons. The van der Waals surface area contributed by atoms with Crippen molar-refractivity contribution in [3.8, 4) is 0 Å². The fourth-order valence-corrected chi connectivity index (χ4v) is 4.62. The van der Waals surface area contributed by atoms with Crippen molar-refractivity contribution in [2.75, 3.05) is 6.54 Å². The Morgan fingerprint density at radius 2 is 1.97 bits per heavy atom. The molecule has 0 aliphatic carbocycles. The molecular weight excluding hydrogens is 411 g/mol. The number of amides is 2. The monoisotopic (exact) mass is 430 g/mol. The number of aromatic nitrogens is 3. The first-order valence-corrected chi connectivity index (χ1v) is 10.4. The van der Waals surface area contributed by atoms with E-state index in [1.807, 2.05) is 12.1 Å². The van der Waals surface area contributed by atoms with Crippen LogP contribution < -0.4 is 0 Å². The zero-order chi connectivity index (χ0) is 22.4. The summed E-state index contributed by atoms with van der Waals surface area (Å²) >= 11 is 0. The Kier molecular flexibility index (Phi) is 3.62. The maximum Gasteiger partial charge on any atom is 0.417 e. The van der Waals surface area contributed by atoms with Crippen LogP contribution in [0.3, 0.4) is 0 Å². The van der Waals surface area contributed by atoms with Crippen LogP contribution in [0, 0.1) is 5.82 Å². The standard InChI is InChI=1S/C24H19FN4O3/c1-24(2,3)32-23(31)28-9-8-16-20(22(28)30)18-14-10-13(25)5-7-17(14)29-21-12(11-26-29)4-6-15(27-16)19(18)21/h4-7,10-11H,8-9H2,1-3H3. The minimum absolute atomic E-state index is 0.175. The third-order valence-electron chi connectivity index (χ3n) is 5.86. The van der Waals surface area contributed by atoms with E-state index in [1.165, 1.54) is 12.1 Å². The Hall–Kier alpha value is -3.81. The summed E-state index contributed by atoms with van der Waals surface area (Å²) in [6.07, 6.45) is 1.44. The van der Waals surface area contributed by atoms with E-state index in [0.29, 0.717) is 39.5 Å². The molecule has 7 nitrogen and oxygen atoms in total. The second-order valence-electron chi connectivity index (χ2n) is 9.11. The lowest BCUT2D eigenvalue weighted by atomic mass is 9.93. The lowest BCUT2D eigenvalue weighted by Gasteiger charge is -2.30. The molecule has 5 aromatic rings. The maximum absolute atomic E-state index is 14.4. The first kappa shape index (κ1) is 18.9. The number of halogens is 1. The Morgan fingerprint density at radius 1 is 1.16 bits per heavy atom. The fraction of sp³-hybridized carbons (Fsp3) is 0.250. The summed E-state index contributed by atoms with van der Waals surface area (Å²) in [6.45, 7) is 5.43. The van der Waals surface area contributed by atoms with Crippen molar-refractivity contribution in [1.29, 1.82) is 0 Å². The number of hydrogen-bond donors (Lipinski definition) is 0. The van der Waals surface area contributed by atoms with Gasteiger partial charge in [0.15, 0.2) is 0 Å². The molecule has 0 fully saturated rings. The van der Waals surface area contributed by atoms with E-state index in [4.69, 9.17) is 9.72 Å². The largest absolute Gasteiger partial charge is 0.443 e. The lowest BCUT2D eigenvalue weighted by Crippen LogP contribution is -2.45. The van der Waals surface area contributed by atoms with Crippen molar-refractivity contribution in [3.63, 3.8) is 0 Å². The van der Waals surface area contributed by atoms with Gasteiger partial charge >= 0.3 is 6.09 Å². The van der Waals surface area contributed by atoms with Gasteiger partial charge in [-0.05, 0) is 51.1 Å². The minimum Gasteiger partial charge on any atom is -0.443 e.